The van der Waals surface area contributed by atoms with Crippen LogP contribution in [0.3, 0.4) is 0 Å². The summed E-state index contributed by atoms with van der Waals surface area (Å²) in [5.74, 6) is 0. The van der Waals surface area contributed by atoms with E-state index < -0.39 is 0 Å². The van der Waals surface area contributed by atoms with Gasteiger partial charge in [-0.05, 0) is 29.5 Å². The minimum Gasteiger partial charge on any atom is -0.381 e. The highest BCUT2D eigenvalue weighted by atomic mass is 32.1. The standard InChI is InChI=1S/C14H19NS/c1-3-11-12(13(16)4-2)8-7-10-6-5-9-15-14(10)11/h5-8,13,15-16H,3-4,9H2,1-2H3/t13-/m1/s1. The van der Waals surface area contributed by atoms with Crippen molar-refractivity contribution in [1.29, 1.82) is 0 Å². The van der Waals surface area contributed by atoms with Gasteiger partial charge in [-0.3, -0.25) is 0 Å². The first-order chi connectivity index (χ1) is 7.77. The van der Waals surface area contributed by atoms with Gasteiger partial charge in [-0.2, -0.15) is 12.6 Å². The molecule has 2 rings (SSSR count). The summed E-state index contributed by atoms with van der Waals surface area (Å²) in [6.07, 6.45) is 6.51. The third-order valence-corrected chi connectivity index (χ3v) is 3.82. The molecule has 0 saturated carbocycles. The SMILES string of the molecule is CCc1c([C@H](S)CC)ccc2c1NCC=C2. The van der Waals surface area contributed by atoms with Crippen molar-refractivity contribution in [2.24, 2.45) is 0 Å². The number of thiol groups is 1. The average Bonchev–Trinajstić information content (AvgIpc) is 2.36. The predicted molar refractivity (Wildman–Crippen MR) is 75.4 cm³/mol. The molecule has 86 valence electrons. The van der Waals surface area contributed by atoms with Crippen LogP contribution in [0.1, 0.15) is 42.2 Å². The summed E-state index contributed by atoms with van der Waals surface area (Å²) in [5, 5.41) is 3.84. The Morgan fingerprint density at radius 1 is 1.38 bits per heavy atom. The maximum atomic E-state index is 4.67. The average molecular weight is 233 g/mol. The van der Waals surface area contributed by atoms with Crippen molar-refractivity contribution in [1.82, 2.24) is 0 Å². The minimum atomic E-state index is 0.355. The van der Waals surface area contributed by atoms with Crippen molar-refractivity contribution >= 4 is 24.4 Å². The van der Waals surface area contributed by atoms with Crippen molar-refractivity contribution in [3.63, 3.8) is 0 Å². The van der Waals surface area contributed by atoms with Gasteiger partial charge in [0.2, 0.25) is 0 Å². The summed E-state index contributed by atoms with van der Waals surface area (Å²) in [6.45, 7) is 5.34. The van der Waals surface area contributed by atoms with Crippen LogP contribution in [0.25, 0.3) is 6.08 Å². The molecule has 1 aromatic carbocycles. The second kappa shape index (κ2) is 4.96. The van der Waals surface area contributed by atoms with E-state index in [1.807, 2.05) is 0 Å². The Bertz CT molecular complexity index is 409. The van der Waals surface area contributed by atoms with E-state index in [2.05, 4.69) is 56.1 Å². The highest BCUT2D eigenvalue weighted by Crippen LogP contribution is 2.35. The molecule has 1 aliphatic heterocycles. The zero-order chi connectivity index (χ0) is 11.5. The van der Waals surface area contributed by atoms with Gasteiger partial charge in [0.15, 0.2) is 0 Å². The zero-order valence-electron chi connectivity index (χ0n) is 9.96. The molecule has 1 heterocycles. The van der Waals surface area contributed by atoms with Gasteiger partial charge < -0.3 is 5.32 Å². The van der Waals surface area contributed by atoms with Gasteiger partial charge in [-0.1, -0.05) is 38.1 Å². The molecule has 0 fully saturated rings. The first-order valence-corrected chi connectivity index (χ1v) is 6.53. The van der Waals surface area contributed by atoms with Crippen LogP contribution in [0.15, 0.2) is 18.2 Å². The Hall–Kier alpha value is -0.890. The molecule has 16 heavy (non-hydrogen) atoms. The Morgan fingerprint density at radius 3 is 2.88 bits per heavy atom. The molecule has 1 atom stereocenters. The summed E-state index contributed by atoms with van der Waals surface area (Å²) in [5.41, 5.74) is 5.44. The van der Waals surface area contributed by atoms with Gasteiger partial charge in [0.1, 0.15) is 0 Å². The number of rotatable bonds is 3. The first kappa shape index (κ1) is 11.6. The normalized spacial score (nSPS) is 15.4. The Labute approximate surface area is 103 Å². The van der Waals surface area contributed by atoms with E-state index in [0.29, 0.717) is 5.25 Å². The minimum absolute atomic E-state index is 0.355. The van der Waals surface area contributed by atoms with Crippen LogP contribution in [-0.4, -0.2) is 6.54 Å². The van der Waals surface area contributed by atoms with Crippen LogP contribution in [0.2, 0.25) is 0 Å². The number of nitrogens with one attached hydrogen (secondary N) is 1. The third kappa shape index (κ3) is 1.99. The lowest BCUT2D eigenvalue weighted by molar-refractivity contribution is 0.881. The molecule has 0 aromatic heterocycles. The molecule has 1 aliphatic rings. The van der Waals surface area contributed by atoms with Crippen molar-refractivity contribution < 1.29 is 0 Å². The van der Waals surface area contributed by atoms with Crippen molar-refractivity contribution in [2.45, 2.75) is 31.9 Å². The van der Waals surface area contributed by atoms with Gasteiger partial charge in [0, 0.05) is 17.5 Å². The lowest BCUT2D eigenvalue weighted by Crippen LogP contribution is -2.10. The Morgan fingerprint density at radius 2 is 2.19 bits per heavy atom. The molecular formula is C14H19NS. The van der Waals surface area contributed by atoms with Gasteiger partial charge in [0.05, 0.1) is 0 Å². The monoisotopic (exact) mass is 233 g/mol. The molecule has 1 N–H and O–H groups in total. The molecule has 2 heteroatoms. The number of hydrogen-bond acceptors (Lipinski definition) is 2. The third-order valence-electron chi connectivity index (χ3n) is 3.17. The topological polar surface area (TPSA) is 12.0 Å². The van der Waals surface area contributed by atoms with Crippen LogP contribution in [0.5, 0.6) is 0 Å². The molecule has 1 nitrogen and oxygen atoms in total. The summed E-state index contributed by atoms with van der Waals surface area (Å²) < 4.78 is 0. The maximum Gasteiger partial charge on any atom is 0.0451 e. The fourth-order valence-corrected chi connectivity index (χ4v) is 2.53. The first-order valence-electron chi connectivity index (χ1n) is 6.02. The molecule has 0 spiro atoms. The van der Waals surface area contributed by atoms with Crippen LogP contribution in [-0.2, 0) is 6.42 Å². The fraction of sp³-hybridized carbons (Fsp3) is 0.429. The molecule has 0 radical (unpaired) electrons. The number of benzene rings is 1. The van der Waals surface area contributed by atoms with E-state index in [-0.39, 0.29) is 0 Å². The summed E-state index contributed by atoms with van der Waals surface area (Å²) in [6, 6.07) is 4.43. The number of fused-ring (bicyclic) bond motifs is 1. The van der Waals surface area contributed by atoms with E-state index >= 15 is 0 Å². The molecule has 0 bridgehead atoms. The molecule has 0 aliphatic carbocycles. The highest BCUT2D eigenvalue weighted by molar-refractivity contribution is 7.80. The summed E-state index contributed by atoms with van der Waals surface area (Å²) in [4.78, 5) is 0. The smallest absolute Gasteiger partial charge is 0.0451 e. The van der Waals surface area contributed by atoms with E-state index in [9.17, 15) is 0 Å². The van der Waals surface area contributed by atoms with Crippen LogP contribution < -0.4 is 5.32 Å². The maximum absolute atomic E-state index is 4.67. The Kier molecular flexibility index (Phi) is 3.59. The van der Waals surface area contributed by atoms with E-state index in [0.717, 1.165) is 19.4 Å². The van der Waals surface area contributed by atoms with Gasteiger partial charge in [0.25, 0.3) is 0 Å². The second-order valence-corrected chi connectivity index (χ2v) is 4.78. The quantitative estimate of drug-likeness (QED) is 0.750. The van der Waals surface area contributed by atoms with Crippen LogP contribution >= 0.6 is 12.6 Å². The molecule has 1 aromatic rings. The van der Waals surface area contributed by atoms with Gasteiger partial charge >= 0.3 is 0 Å². The van der Waals surface area contributed by atoms with E-state index in [1.165, 1.54) is 22.4 Å². The molecular weight excluding hydrogens is 214 g/mol. The van der Waals surface area contributed by atoms with E-state index in [1.54, 1.807) is 0 Å². The Balaban J connectivity index is 2.52. The summed E-state index contributed by atoms with van der Waals surface area (Å²) in [7, 11) is 0. The zero-order valence-corrected chi connectivity index (χ0v) is 10.8. The van der Waals surface area contributed by atoms with Crippen LogP contribution in [0.4, 0.5) is 5.69 Å². The highest BCUT2D eigenvalue weighted by Gasteiger charge is 2.15. The largest absolute Gasteiger partial charge is 0.381 e. The van der Waals surface area contributed by atoms with Crippen molar-refractivity contribution in [2.75, 3.05) is 11.9 Å². The molecule has 0 saturated heterocycles. The van der Waals surface area contributed by atoms with Gasteiger partial charge in [-0.25, -0.2) is 0 Å². The number of anilines is 1. The molecule has 0 amide bonds. The second-order valence-electron chi connectivity index (χ2n) is 4.16. The van der Waals surface area contributed by atoms with E-state index in [4.69, 9.17) is 0 Å². The van der Waals surface area contributed by atoms with Gasteiger partial charge in [-0.15, -0.1) is 0 Å². The van der Waals surface area contributed by atoms with Crippen molar-refractivity contribution in [3.8, 4) is 0 Å². The lowest BCUT2D eigenvalue weighted by Gasteiger charge is -2.22. The van der Waals surface area contributed by atoms with Crippen molar-refractivity contribution in [3.05, 3.63) is 34.9 Å². The molecule has 0 unspecified atom stereocenters. The lowest BCUT2D eigenvalue weighted by atomic mass is 9.94. The number of hydrogen-bond donors (Lipinski definition) is 2. The van der Waals surface area contributed by atoms with Crippen LogP contribution in [0, 0.1) is 0 Å². The fourth-order valence-electron chi connectivity index (χ4n) is 2.29. The summed E-state index contributed by atoms with van der Waals surface area (Å²) >= 11 is 4.67. The predicted octanol–water partition coefficient (Wildman–Crippen LogP) is 4.07.